The van der Waals surface area contributed by atoms with Gasteiger partial charge in [0.2, 0.25) is 0 Å². The van der Waals surface area contributed by atoms with Crippen molar-refractivity contribution in [1.82, 2.24) is 0 Å². The molecule has 0 amide bonds. The van der Waals surface area contributed by atoms with Gasteiger partial charge in [0.05, 0.1) is 17.8 Å². The molecule has 0 heterocycles. The number of carbonyl (C=O) groups is 1. The Morgan fingerprint density at radius 3 is 2.10 bits per heavy atom. The minimum absolute atomic E-state index is 0.199. The van der Waals surface area contributed by atoms with Gasteiger partial charge in [-0.25, -0.2) is 4.79 Å². The van der Waals surface area contributed by atoms with Crippen LogP contribution in [0.2, 0.25) is 0 Å². The van der Waals surface area contributed by atoms with Gasteiger partial charge in [-0.3, -0.25) is 0 Å². The molecule has 0 aliphatic heterocycles. The third-order valence-electron chi connectivity index (χ3n) is 2.44. The lowest BCUT2D eigenvalue weighted by atomic mass is 10.1. The van der Waals surface area contributed by atoms with E-state index in [2.05, 4.69) is 0 Å². The van der Waals surface area contributed by atoms with Crippen molar-refractivity contribution in [2.75, 3.05) is 0 Å². The lowest BCUT2D eigenvalue weighted by Gasteiger charge is -2.21. The van der Waals surface area contributed by atoms with Crippen molar-refractivity contribution < 1.29 is 14.3 Å². The smallest absolute Gasteiger partial charge is 0.338 e. The van der Waals surface area contributed by atoms with E-state index in [1.807, 2.05) is 66.7 Å². The lowest BCUT2D eigenvalue weighted by molar-refractivity contribution is -0.0150. The molecule has 1 rings (SSSR count). The number of hydrogen-bond acceptors (Lipinski definition) is 3. The Bertz CT molecular complexity index is 476. The molecule has 0 saturated carbocycles. The van der Waals surface area contributed by atoms with E-state index in [1.165, 1.54) is 0 Å². The molecule has 0 saturated heterocycles. The van der Waals surface area contributed by atoms with Crippen molar-refractivity contribution in [2.24, 2.45) is 0 Å². The summed E-state index contributed by atoms with van der Waals surface area (Å²) in [5, 5.41) is 0. The van der Waals surface area contributed by atoms with Crippen molar-refractivity contribution in [3.8, 4) is 0 Å². The average molecular weight is 278 g/mol. The third kappa shape index (κ3) is 6.20. The number of aryl methyl sites for hydroxylation is 1. The van der Waals surface area contributed by atoms with Crippen molar-refractivity contribution >= 4 is 5.97 Å². The predicted molar refractivity (Wildman–Crippen MR) is 80.9 cm³/mol. The zero-order chi connectivity index (χ0) is 15.6. The Morgan fingerprint density at radius 2 is 1.60 bits per heavy atom. The Kier molecular flexibility index (Phi) is 4.98. The van der Waals surface area contributed by atoms with Crippen LogP contribution in [0.4, 0.5) is 0 Å². The molecular weight excluding hydrogens is 252 g/mol. The number of benzene rings is 1. The van der Waals surface area contributed by atoms with Crippen LogP contribution in [0, 0.1) is 6.92 Å². The fourth-order valence-electron chi connectivity index (χ4n) is 1.70. The largest absolute Gasteiger partial charge is 0.456 e. The molecule has 0 atom stereocenters. The molecule has 0 spiro atoms. The second-order valence-corrected chi connectivity index (χ2v) is 7.11. The summed E-state index contributed by atoms with van der Waals surface area (Å²) >= 11 is 0. The molecule has 0 unspecified atom stereocenters. The second kappa shape index (κ2) is 5.96. The standard InChI is InChI=1S/C17H26O3/c1-12-8-13(11-19-16(2,3)4)10-14(9-12)15(18)20-17(5,6)7/h8-10H,11H2,1-7H3. The van der Waals surface area contributed by atoms with E-state index >= 15 is 0 Å². The maximum Gasteiger partial charge on any atom is 0.338 e. The summed E-state index contributed by atoms with van der Waals surface area (Å²) in [7, 11) is 0. The maximum absolute atomic E-state index is 12.1. The fourth-order valence-corrected chi connectivity index (χ4v) is 1.70. The molecule has 112 valence electrons. The van der Waals surface area contributed by atoms with E-state index in [-0.39, 0.29) is 11.6 Å². The second-order valence-electron chi connectivity index (χ2n) is 7.11. The molecule has 1 aromatic carbocycles. The normalized spacial score (nSPS) is 12.3. The molecular formula is C17H26O3. The van der Waals surface area contributed by atoms with Crippen LogP contribution in [0.3, 0.4) is 0 Å². The first-order chi connectivity index (χ1) is 8.96. The monoisotopic (exact) mass is 278 g/mol. The maximum atomic E-state index is 12.1. The van der Waals surface area contributed by atoms with Crippen LogP contribution in [-0.2, 0) is 16.1 Å². The van der Waals surface area contributed by atoms with E-state index in [9.17, 15) is 4.79 Å². The quantitative estimate of drug-likeness (QED) is 0.775. The van der Waals surface area contributed by atoms with E-state index < -0.39 is 5.60 Å². The molecule has 3 heteroatoms. The van der Waals surface area contributed by atoms with Crippen LogP contribution in [0.25, 0.3) is 0 Å². The van der Waals surface area contributed by atoms with Gasteiger partial charge < -0.3 is 9.47 Å². The first kappa shape index (κ1) is 16.7. The summed E-state index contributed by atoms with van der Waals surface area (Å²) < 4.78 is 11.2. The highest BCUT2D eigenvalue weighted by atomic mass is 16.6. The number of rotatable bonds is 3. The Hall–Kier alpha value is -1.35. The predicted octanol–water partition coefficient (Wildman–Crippen LogP) is 4.27. The lowest BCUT2D eigenvalue weighted by Crippen LogP contribution is -2.24. The zero-order valence-electron chi connectivity index (χ0n) is 13.7. The Balaban J connectivity index is 2.89. The summed E-state index contributed by atoms with van der Waals surface area (Å²) in [6.45, 7) is 14.1. The summed E-state index contributed by atoms with van der Waals surface area (Å²) in [6.07, 6.45) is 0. The topological polar surface area (TPSA) is 35.5 Å². The van der Waals surface area contributed by atoms with E-state index in [0.29, 0.717) is 12.2 Å². The molecule has 0 radical (unpaired) electrons. The summed E-state index contributed by atoms with van der Waals surface area (Å²) in [5.74, 6) is -0.293. The van der Waals surface area contributed by atoms with Crippen LogP contribution in [0.5, 0.6) is 0 Å². The average Bonchev–Trinajstić information content (AvgIpc) is 2.22. The van der Waals surface area contributed by atoms with Crippen molar-refractivity contribution in [1.29, 1.82) is 0 Å². The first-order valence-corrected chi connectivity index (χ1v) is 6.94. The van der Waals surface area contributed by atoms with Gasteiger partial charge in [-0.1, -0.05) is 6.07 Å². The fraction of sp³-hybridized carbons (Fsp3) is 0.588. The highest BCUT2D eigenvalue weighted by molar-refractivity contribution is 5.90. The van der Waals surface area contributed by atoms with Gasteiger partial charge in [0.1, 0.15) is 5.60 Å². The SMILES string of the molecule is Cc1cc(COC(C)(C)C)cc(C(=O)OC(C)(C)C)c1. The molecule has 0 aliphatic rings. The summed E-state index contributed by atoms with van der Waals surface area (Å²) in [6, 6.07) is 5.71. The van der Waals surface area contributed by atoms with Crippen LogP contribution in [0.1, 0.15) is 63.0 Å². The van der Waals surface area contributed by atoms with Gasteiger partial charge in [-0.2, -0.15) is 0 Å². The van der Waals surface area contributed by atoms with Gasteiger partial charge in [-0.15, -0.1) is 0 Å². The minimum Gasteiger partial charge on any atom is -0.456 e. The first-order valence-electron chi connectivity index (χ1n) is 6.94. The van der Waals surface area contributed by atoms with Gasteiger partial charge in [0.25, 0.3) is 0 Å². The van der Waals surface area contributed by atoms with Gasteiger partial charge in [0.15, 0.2) is 0 Å². The highest BCUT2D eigenvalue weighted by Gasteiger charge is 2.19. The number of ether oxygens (including phenoxy) is 2. The van der Waals surface area contributed by atoms with E-state index in [0.717, 1.165) is 11.1 Å². The Morgan fingerprint density at radius 1 is 1.00 bits per heavy atom. The van der Waals surface area contributed by atoms with Crippen LogP contribution in [-0.4, -0.2) is 17.2 Å². The molecule has 0 bridgehead atoms. The molecule has 3 nitrogen and oxygen atoms in total. The van der Waals surface area contributed by atoms with Gasteiger partial charge in [0, 0.05) is 0 Å². The van der Waals surface area contributed by atoms with Crippen molar-refractivity contribution in [3.05, 3.63) is 34.9 Å². The minimum atomic E-state index is -0.483. The Labute approximate surface area is 122 Å². The number of carbonyl (C=O) groups excluding carboxylic acids is 1. The van der Waals surface area contributed by atoms with Crippen LogP contribution >= 0.6 is 0 Å². The summed E-state index contributed by atoms with van der Waals surface area (Å²) in [5.41, 5.74) is 1.91. The highest BCUT2D eigenvalue weighted by Crippen LogP contribution is 2.18. The molecule has 0 aliphatic carbocycles. The zero-order valence-corrected chi connectivity index (χ0v) is 13.7. The molecule has 20 heavy (non-hydrogen) atoms. The van der Waals surface area contributed by atoms with E-state index in [1.54, 1.807) is 0 Å². The van der Waals surface area contributed by atoms with Crippen LogP contribution in [0.15, 0.2) is 18.2 Å². The molecule has 0 aromatic heterocycles. The third-order valence-corrected chi connectivity index (χ3v) is 2.44. The van der Waals surface area contributed by atoms with Crippen molar-refractivity contribution in [2.45, 2.75) is 66.3 Å². The number of esters is 1. The van der Waals surface area contributed by atoms with E-state index in [4.69, 9.17) is 9.47 Å². The van der Waals surface area contributed by atoms with Gasteiger partial charge in [-0.05, 0) is 71.7 Å². The molecule has 1 aromatic rings. The molecule has 0 N–H and O–H groups in total. The summed E-state index contributed by atoms with van der Waals surface area (Å²) in [4.78, 5) is 12.1. The van der Waals surface area contributed by atoms with Crippen LogP contribution < -0.4 is 0 Å². The van der Waals surface area contributed by atoms with Gasteiger partial charge >= 0.3 is 5.97 Å². The molecule has 0 fully saturated rings. The number of hydrogen-bond donors (Lipinski definition) is 0. The van der Waals surface area contributed by atoms with Crippen molar-refractivity contribution in [3.63, 3.8) is 0 Å².